The van der Waals surface area contributed by atoms with Crippen LogP contribution in [-0.2, 0) is 12.8 Å². The maximum Gasteiger partial charge on any atom is 0.153 e. The van der Waals surface area contributed by atoms with E-state index in [9.17, 15) is 9.65 Å². The summed E-state index contributed by atoms with van der Waals surface area (Å²) in [7, 11) is 0. The molecule has 0 aliphatic carbocycles. The third-order valence-corrected chi connectivity index (χ3v) is 6.89. The lowest BCUT2D eigenvalue weighted by molar-refractivity contribution is 0.526. The minimum Gasteiger partial charge on any atom is -0.459 e. The minimum absolute atomic E-state index is 0.279. The normalized spacial score (nSPS) is 12.2. The number of benzene rings is 1. The van der Waals surface area contributed by atoms with Crippen molar-refractivity contribution in [3.8, 4) is 17.3 Å². The summed E-state index contributed by atoms with van der Waals surface area (Å²) in [6.45, 7) is 4.27. The van der Waals surface area contributed by atoms with E-state index < -0.39 is 0 Å². The van der Waals surface area contributed by atoms with E-state index in [2.05, 4.69) is 40.8 Å². The van der Waals surface area contributed by atoms with Gasteiger partial charge in [0.15, 0.2) is 5.58 Å². The molecule has 0 spiro atoms. The van der Waals surface area contributed by atoms with Gasteiger partial charge in [-0.2, -0.15) is 5.26 Å². The monoisotopic (exact) mass is 497 g/mol. The Morgan fingerprint density at radius 2 is 1.94 bits per heavy atom. The van der Waals surface area contributed by atoms with Crippen LogP contribution >= 0.6 is 27.3 Å². The number of furan rings is 1. The molecule has 3 aromatic heterocycles. The van der Waals surface area contributed by atoms with Crippen LogP contribution in [-0.4, -0.2) is 9.97 Å². The second-order valence-corrected chi connectivity index (χ2v) is 9.22. The number of rotatable bonds is 7. The SMILES string of the molecule is CCc1oc2ccc(Br)nc2c1C(CC)CCc1nc(-c2ccc(F)cc2)c(C#N)s1. The van der Waals surface area contributed by atoms with Crippen LogP contribution < -0.4 is 0 Å². The molecule has 4 nitrogen and oxygen atoms in total. The van der Waals surface area contributed by atoms with E-state index in [4.69, 9.17) is 9.40 Å². The number of fused-ring (bicyclic) bond motifs is 1. The molecule has 1 atom stereocenters. The smallest absolute Gasteiger partial charge is 0.153 e. The molecule has 0 saturated heterocycles. The van der Waals surface area contributed by atoms with Gasteiger partial charge >= 0.3 is 0 Å². The van der Waals surface area contributed by atoms with Crippen LogP contribution in [0.4, 0.5) is 4.39 Å². The third kappa shape index (κ3) is 4.41. The third-order valence-electron chi connectivity index (χ3n) is 5.43. The summed E-state index contributed by atoms with van der Waals surface area (Å²) in [5, 5.41) is 10.5. The summed E-state index contributed by atoms with van der Waals surface area (Å²) in [4.78, 5) is 9.96. The highest BCUT2D eigenvalue weighted by molar-refractivity contribution is 9.10. The van der Waals surface area contributed by atoms with E-state index in [1.54, 1.807) is 12.1 Å². The molecule has 7 heteroatoms. The Morgan fingerprint density at radius 1 is 1.16 bits per heavy atom. The molecule has 0 amide bonds. The molecule has 158 valence electrons. The lowest BCUT2D eigenvalue weighted by Crippen LogP contribution is -2.02. The minimum atomic E-state index is -0.303. The lowest BCUT2D eigenvalue weighted by atomic mass is 9.90. The van der Waals surface area contributed by atoms with Gasteiger partial charge in [0.25, 0.3) is 0 Å². The topological polar surface area (TPSA) is 62.7 Å². The summed E-state index contributed by atoms with van der Waals surface area (Å²) in [6.07, 6.45) is 3.40. The molecule has 3 heterocycles. The molecule has 31 heavy (non-hydrogen) atoms. The van der Waals surface area contributed by atoms with Crippen molar-refractivity contribution in [1.82, 2.24) is 9.97 Å². The fourth-order valence-corrected chi connectivity index (χ4v) is 5.11. The van der Waals surface area contributed by atoms with Gasteiger partial charge in [0, 0.05) is 17.5 Å². The van der Waals surface area contributed by atoms with Crippen LogP contribution in [0.25, 0.3) is 22.4 Å². The summed E-state index contributed by atoms with van der Waals surface area (Å²) < 4.78 is 20.1. The van der Waals surface area contributed by atoms with Crippen molar-refractivity contribution in [2.24, 2.45) is 0 Å². The molecular weight excluding hydrogens is 477 g/mol. The number of aromatic nitrogens is 2. The largest absolute Gasteiger partial charge is 0.459 e. The first-order chi connectivity index (χ1) is 15.0. The zero-order valence-electron chi connectivity index (χ0n) is 17.3. The molecule has 0 aliphatic heterocycles. The maximum absolute atomic E-state index is 13.3. The predicted octanol–water partition coefficient (Wildman–Crippen LogP) is 7.41. The molecule has 0 fully saturated rings. The van der Waals surface area contributed by atoms with Crippen molar-refractivity contribution in [2.45, 2.75) is 45.4 Å². The molecule has 4 rings (SSSR count). The van der Waals surface area contributed by atoms with Crippen LogP contribution in [0.1, 0.15) is 53.8 Å². The average Bonchev–Trinajstić information content (AvgIpc) is 3.36. The van der Waals surface area contributed by atoms with Gasteiger partial charge in [-0.3, -0.25) is 0 Å². The fourth-order valence-electron chi connectivity index (χ4n) is 3.90. The molecular formula is C24H21BrFN3OS. The number of pyridine rings is 1. The molecule has 0 saturated carbocycles. The maximum atomic E-state index is 13.3. The van der Waals surface area contributed by atoms with Crippen LogP contribution in [0.3, 0.4) is 0 Å². The van der Waals surface area contributed by atoms with Gasteiger partial charge in [-0.1, -0.05) is 13.8 Å². The highest BCUT2D eigenvalue weighted by atomic mass is 79.9. The first-order valence-corrected chi connectivity index (χ1v) is 11.9. The Kier molecular flexibility index (Phi) is 6.49. The quantitative estimate of drug-likeness (QED) is 0.249. The van der Waals surface area contributed by atoms with Crippen LogP contribution in [0.5, 0.6) is 0 Å². The van der Waals surface area contributed by atoms with Gasteiger partial charge in [-0.05, 0) is 77.5 Å². The van der Waals surface area contributed by atoms with Gasteiger partial charge < -0.3 is 4.42 Å². The summed E-state index contributed by atoms with van der Waals surface area (Å²) in [5.74, 6) is 0.959. The highest BCUT2D eigenvalue weighted by Crippen LogP contribution is 2.37. The summed E-state index contributed by atoms with van der Waals surface area (Å²) in [6, 6.07) is 12.2. The number of halogens is 2. The Morgan fingerprint density at radius 3 is 2.61 bits per heavy atom. The molecule has 0 N–H and O–H groups in total. The summed E-state index contributed by atoms with van der Waals surface area (Å²) in [5.41, 5.74) is 4.30. The van der Waals surface area contributed by atoms with Gasteiger partial charge in [0.05, 0.1) is 10.7 Å². The van der Waals surface area contributed by atoms with Gasteiger partial charge in [-0.15, -0.1) is 11.3 Å². The van der Waals surface area contributed by atoms with Gasteiger partial charge in [0.1, 0.15) is 32.6 Å². The number of nitriles is 1. The average molecular weight is 498 g/mol. The zero-order valence-corrected chi connectivity index (χ0v) is 19.7. The number of nitrogens with zero attached hydrogens (tertiary/aromatic N) is 3. The van der Waals surface area contributed by atoms with E-state index in [-0.39, 0.29) is 11.7 Å². The number of hydrogen-bond donors (Lipinski definition) is 0. The van der Waals surface area contributed by atoms with Crippen molar-refractivity contribution in [3.63, 3.8) is 0 Å². The summed E-state index contributed by atoms with van der Waals surface area (Å²) >= 11 is 4.89. The molecule has 0 bridgehead atoms. The molecule has 4 aromatic rings. The van der Waals surface area contributed by atoms with Crippen LogP contribution in [0.15, 0.2) is 45.4 Å². The van der Waals surface area contributed by atoms with E-state index >= 15 is 0 Å². The van der Waals surface area contributed by atoms with Crippen molar-refractivity contribution in [3.05, 3.63) is 68.0 Å². The fraction of sp³-hybridized carbons (Fsp3) is 0.292. The van der Waals surface area contributed by atoms with Crippen molar-refractivity contribution >= 4 is 38.4 Å². The van der Waals surface area contributed by atoms with E-state index in [0.29, 0.717) is 10.6 Å². The predicted molar refractivity (Wildman–Crippen MR) is 125 cm³/mol. The highest BCUT2D eigenvalue weighted by Gasteiger charge is 2.23. The van der Waals surface area contributed by atoms with Crippen LogP contribution in [0.2, 0.25) is 0 Å². The van der Waals surface area contributed by atoms with E-state index in [1.807, 2.05) is 12.1 Å². The van der Waals surface area contributed by atoms with Gasteiger partial charge in [-0.25, -0.2) is 14.4 Å². The van der Waals surface area contributed by atoms with Crippen molar-refractivity contribution in [1.29, 1.82) is 5.26 Å². The first kappa shape index (κ1) is 21.7. The number of thiazole rings is 1. The van der Waals surface area contributed by atoms with Gasteiger partial charge in [0.2, 0.25) is 0 Å². The second kappa shape index (κ2) is 9.29. The van der Waals surface area contributed by atoms with Crippen molar-refractivity contribution < 1.29 is 8.81 Å². The Bertz CT molecular complexity index is 1260. The number of aryl methyl sites for hydroxylation is 2. The van der Waals surface area contributed by atoms with E-state index in [0.717, 1.165) is 57.7 Å². The van der Waals surface area contributed by atoms with Crippen molar-refractivity contribution in [2.75, 3.05) is 0 Å². The Hall–Kier alpha value is -2.56. The molecule has 1 unspecified atom stereocenters. The Labute approximate surface area is 192 Å². The molecule has 0 aliphatic rings. The first-order valence-electron chi connectivity index (χ1n) is 10.3. The molecule has 0 radical (unpaired) electrons. The standard InChI is InChI=1S/C24H21BrFN3OS/c1-3-14(22-17(4-2)30-18-10-11-20(25)28-24(18)22)7-12-21-29-23(19(13-27)31-21)15-5-8-16(26)9-6-15/h5-6,8-11,14H,3-4,7,12H2,1-2H3. The van der Waals surface area contributed by atoms with E-state index in [1.165, 1.54) is 29.0 Å². The molecule has 1 aromatic carbocycles. The zero-order chi connectivity index (χ0) is 22.0. The lowest BCUT2D eigenvalue weighted by Gasteiger charge is -2.14. The number of hydrogen-bond acceptors (Lipinski definition) is 5. The van der Waals surface area contributed by atoms with Crippen LogP contribution in [0, 0.1) is 17.1 Å². The second-order valence-electron chi connectivity index (χ2n) is 7.32. The Balaban J connectivity index is 1.62.